The fourth-order valence-corrected chi connectivity index (χ4v) is 2.69. The van der Waals surface area contributed by atoms with Crippen molar-refractivity contribution in [3.63, 3.8) is 0 Å². The minimum atomic E-state index is -0.429. The Hall–Kier alpha value is -2.70. The molecule has 1 atom stereocenters. The Morgan fingerprint density at radius 3 is 2.87 bits per heavy atom. The molecule has 1 saturated heterocycles. The lowest BCUT2D eigenvalue weighted by molar-refractivity contribution is -0.118. The molecular weight excluding hydrogens is 299 g/mol. The second kappa shape index (κ2) is 6.20. The van der Waals surface area contributed by atoms with Crippen molar-refractivity contribution in [1.29, 1.82) is 0 Å². The predicted molar refractivity (Wildman–Crippen MR) is 84.1 cm³/mol. The molecule has 1 unspecified atom stereocenters. The smallest absolute Gasteiger partial charge is 0.249 e. The van der Waals surface area contributed by atoms with Crippen molar-refractivity contribution in [1.82, 2.24) is 9.97 Å². The lowest BCUT2D eigenvalue weighted by Crippen LogP contribution is -2.40. The molecule has 23 heavy (non-hydrogen) atoms. The van der Waals surface area contributed by atoms with Gasteiger partial charge < -0.3 is 14.5 Å². The summed E-state index contributed by atoms with van der Waals surface area (Å²) in [4.78, 5) is 24.2. The summed E-state index contributed by atoms with van der Waals surface area (Å²) >= 11 is 0. The van der Waals surface area contributed by atoms with Gasteiger partial charge in [-0.15, -0.1) is 0 Å². The number of ether oxygens (including phenoxy) is 1. The van der Waals surface area contributed by atoms with Gasteiger partial charge in [-0.1, -0.05) is 12.1 Å². The Bertz CT molecular complexity index is 725. The van der Waals surface area contributed by atoms with E-state index in [0.29, 0.717) is 30.5 Å². The second-order valence-electron chi connectivity index (χ2n) is 5.26. The molecule has 1 aromatic carbocycles. The minimum absolute atomic E-state index is 0.163. The third-order valence-corrected chi connectivity index (χ3v) is 3.93. The largest absolute Gasteiger partial charge is 0.481 e. The van der Waals surface area contributed by atoms with Crippen LogP contribution in [0.2, 0.25) is 0 Å². The summed E-state index contributed by atoms with van der Waals surface area (Å²) in [5.74, 6) is 0.266. The maximum Gasteiger partial charge on any atom is 0.249 e. The van der Waals surface area contributed by atoms with Gasteiger partial charge in [0.1, 0.15) is 11.9 Å². The number of likely N-dealkylation sites (N-methyl/N-ethyl adjacent to an activating group) is 1. The maximum absolute atomic E-state index is 13.9. The third kappa shape index (κ3) is 2.81. The highest BCUT2D eigenvalue weighted by molar-refractivity contribution is 6.01. The standard InChI is InChI=1S/C16H17FN4O2/c1-20(16-18-9-7-14(19-16)23-2)13-8-10-21(15(13)22)12-6-4-3-5-11(12)17/h3-7,9,13H,8,10H2,1-2H3. The summed E-state index contributed by atoms with van der Waals surface area (Å²) < 4.78 is 19.0. The third-order valence-electron chi connectivity index (χ3n) is 3.93. The SMILES string of the molecule is COc1ccnc(N(C)C2CCN(c3ccccc3F)C2=O)n1. The first kappa shape index (κ1) is 15.2. The van der Waals surface area contributed by atoms with Gasteiger partial charge in [0, 0.05) is 25.9 Å². The van der Waals surface area contributed by atoms with E-state index in [1.165, 1.54) is 18.1 Å². The fraction of sp³-hybridized carbons (Fsp3) is 0.312. The van der Waals surface area contributed by atoms with Gasteiger partial charge in [0.25, 0.3) is 0 Å². The molecule has 2 heterocycles. The van der Waals surface area contributed by atoms with E-state index in [4.69, 9.17) is 4.74 Å². The number of carbonyl (C=O) groups excluding carboxylic acids is 1. The van der Waals surface area contributed by atoms with Crippen LogP contribution in [0.5, 0.6) is 5.88 Å². The number of aromatic nitrogens is 2. The Kier molecular flexibility index (Phi) is 4.10. The van der Waals surface area contributed by atoms with E-state index in [9.17, 15) is 9.18 Å². The van der Waals surface area contributed by atoms with Gasteiger partial charge in [-0.05, 0) is 18.6 Å². The van der Waals surface area contributed by atoms with E-state index >= 15 is 0 Å². The highest BCUT2D eigenvalue weighted by Crippen LogP contribution is 2.27. The highest BCUT2D eigenvalue weighted by Gasteiger charge is 2.37. The molecule has 0 bridgehead atoms. The van der Waals surface area contributed by atoms with Gasteiger partial charge >= 0.3 is 0 Å². The van der Waals surface area contributed by atoms with Gasteiger partial charge in [0.05, 0.1) is 12.8 Å². The first-order valence-corrected chi connectivity index (χ1v) is 7.27. The molecule has 1 aliphatic rings. The van der Waals surface area contributed by atoms with Crippen LogP contribution in [0.1, 0.15) is 6.42 Å². The zero-order valence-corrected chi connectivity index (χ0v) is 12.9. The molecule has 120 valence electrons. The van der Waals surface area contributed by atoms with Crippen molar-refractivity contribution in [2.24, 2.45) is 0 Å². The van der Waals surface area contributed by atoms with Crippen molar-refractivity contribution >= 4 is 17.5 Å². The Balaban J connectivity index is 1.82. The molecule has 6 nitrogen and oxygen atoms in total. The lowest BCUT2D eigenvalue weighted by atomic mass is 10.2. The number of rotatable bonds is 4. The molecule has 0 aliphatic carbocycles. The van der Waals surface area contributed by atoms with Crippen LogP contribution >= 0.6 is 0 Å². The zero-order chi connectivity index (χ0) is 16.4. The molecule has 0 radical (unpaired) electrons. The van der Waals surface area contributed by atoms with Crippen molar-refractivity contribution in [2.45, 2.75) is 12.5 Å². The monoisotopic (exact) mass is 316 g/mol. The fourth-order valence-electron chi connectivity index (χ4n) is 2.69. The summed E-state index contributed by atoms with van der Waals surface area (Å²) in [5.41, 5.74) is 0.306. The van der Waals surface area contributed by atoms with Crippen LogP contribution in [0.15, 0.2) is 36.5 Å². The van der Waals surface area contributed by atoms with Crippen LogP contribution in [-0.2, 0) is 4.79 Å². The average molecular weight is 316 g/mol. The van der Waals surface area contributed by atoms with Crippen LogP contribution < -0.4 is 14.5 Å². The number of benzene rings is 1. The van der Waals surface area contributed by atoms with Crippen LogP contribution in [0.4, 0.5) is 16.0 Å². The van der Waals surface area contributed by atoms with Gasteiger partial charge in [0.2, 0.25) is 17.7 Å². The number of nitrogens with zero attached hydrogens (tertiary/aromatic N) is 4. The van der Waals surface area contributed by atoms with Gasteiger partial charge in [-0.3, -0.25) is 4.79 Å². The number of hydrogen-bond acceptors (Lipinski definition) is 5. The first-order chi connectivity index (χ1) is 11.1. The molecule has 1 amide bonds. The lowest BCUT2D eigenvalue weighted by Gasteiger charge is -2.24. The van der Waals surface area contributed by atoms with Crippen molar-refractivity contribution < 1.29 is 13.9 Å². The predicted octanol–water partition coefficient (Wildman–Crippen LogP) is 1.87. The molecule has 2 aromatic rings. The number of hydrogen-bond donors (Lipinski definition) is 0. The molecule has 1 aromatic heterocycles. The molecule has 1 fully saturated rings. The number of methoxy groups -OCH3 is 1. The average Bonchev–Trinajstić information content (AvgIpc) is 2.96. The van der Waals surface area contributed by atoms with Crippen molar-refractivity contribution in [3.8, 4) is 5.88 Å². The number of halogens is 1. The summed E-state index contributed by atoms with van der Waals surface area (Å²) in [6, 6.07) is 7.49. The van der Waals surface area contributed by atoms with E-state index in [-0.39, 0.29) is 5.91 Å². The normalized spacial score (nSPS) is 17.4. The topological polar surface area (TPSA) is 58.6 Å². The van der Waals surface area contributed by atoms with Crippen LogP contribution in [0, 0.1) is 5.82 Å². The second-order valence-corrected chi connectivity index (χ2v) is 5.26. The molecule has 3 rings (SSSR count). The van der Waals surface area contributed by atoms with Crippen LogP contribution in [0.25, 0.3) is 0 Å². The molecule has 0 saturated carbocycles. The van der Waals surface area contributed by atoms with Crippen LogP contribution in [0.3, 0.4) is 0 Å². The quantitative estimate of drug-likeness (QED) is 0.862. The number of amides is 1. The molecule has 7 heteroatoms. The molecular formula is C16H17FN4O2. The molecule has 1 aliphatic heterocycles. The van der Waals surface area contributed by atoms with Crippen molar-refractivity contribution in [3.05, 3.63) is 42.3 Å². The number of anilines is 2. The first-order valence-electron chi connectivity index (χ1n) is 7.27. The van der Waals surface area contributed by atoms with Gasteiger partial charge in [0.15, 0.2) is 0 Å². The minimum Gasteiger partial charge on any atom is -0.481 e. The Morgan fingerprint density at radius 1 is 1.35 bits per heavy atom. The highest BCUT2D eigenvalue weighted by atomic mass is 19.1. The number of carbonyl (C=O) groups is 1. The van der Waals surface area contributed by atoms with E-state index in [1.54, 1.807) is 42.4 Å². The maximum atomic E-state index is 13.9. The summed E-state index contributed by atoms with van der Waals surface area (Å²) in [7, 11) is 3.27. The van der Waals surface area contributed by atoms with E-state index in [0.717, 1.165) is 0 Å². The van der Waals surface area contributed by atoms with E-state index in [2.05, 4.69) is 9.97 Å². The summed E-state index contributed by atoms with van der Waals surface area (Å²) in [6.45, 7) is 0.457. The van der Waals surface area contributed by atoms with Crippen molar-refractivity contribution in [2.75, 3.05) is 30.5 Å². The Morgan fingerprint density at radius 2 is 2.13 bits per heavy atom. The molecule has 0 N–H and O–H groups in total. The van der Waals surface area contributed by atoms with E-state index < -0.39 is 11.9 Å². The summed E-state index contributed by atoms with van der Waals surface area (Å²) in [5, 5.41) is 0. The van der Waals surface area contributed by atoms with Crippen LogP contribution in [-0.4, -0.2) is 42.6 Å². The van der Waals surface area contributed by atoms with Gasteiger partial charge in [-0.2, -0.15) is 4.98 Å². The van der Waals surface area contributed by atoms with Gasteiger partial charge in [-0.25, -0.2) is 9.37 Å². The molecule has 0 spiro atoms. The van der Waals surface area contributed by atoms with E-state index in [1.807, 2.05) is 0 Å². The summed E-state index contributed by atoms with van der Waals surface area (Å²) in [6.07, 6.45) is 2.15. The number of para-hydroxylation sites is 1. The zero-order valence-electron chi connectivity index (χ0n) is 12.9. The Labute approximate surface area is 133 Å².